The average Bonchev–Trinajstić information content (AvgIpc) is 3.10. The van der Waals surface area contributed by atoms with E-state index in [1.165, 1.54) is 0 Å². The molecule has 0 amide bonds. The Morgan fingerprint density at radius 1 is 1.21 bits per heavy atom. The zero-order chi connectivity index (χ0) is 12.9. The second kappa shape index (κ2) is 5.62. The Kier molecular flexibility index (Phi) is 3.51. The summed E-state index contributed by atoms with van der Waals surface area (Å²) < 4.78 is 7.40. The van der Waals surface area contributed by atoms with Crippen LogP contribution >= 0.6 is 11.3 Å². The Morgan fingerprint density at radius 2 is 2.11 bits per heavy atom. The highest BCUT2D eigenvalue weighted by atomic mass is 32.1. The third kappa shape index (κ3) is 3.17. The average molecular weight is 272 g/mol. The molecule has 0 aliphatic carbocycles. The molecule has 0 N–H and O–H groups in total. The van der Waals surface area contributed by atoms with Crippen LogP contribution in [0.1, 0.15) is 10.7 Å². The van der Waals surface area contributed by atoms with E-state index in [9.17, 15) is 0 Å². The number of aromatic nitrogens is 4. The summed E-state index contributed by atoms with van der Waals surface area (Å²) in [5, 5.41) is 10.7. The van der Waals surface area contributed by atoms with E-state index in [2.05, 4.69) is 15.3 Å². The molecule has 3 rings (SSSR count). The zero-order valence-electron chi connectivity index (χ0n) is 10.1. The fraction of sp³-hybridized carbons (Fsp3) is 0.154. The van der Waals surface area contributed by atoms with Crippen LogP contribution in [0.25, 0.3) is 0 Å². The van der Waals surface area contributed by atoms with Gasteiger partial charge in [0.05, 0.1) is 18.4 Å². The Bertz CT molecular complexity index is 621. The third-order valence-corrected chi connectivity index (χ3v) is 3.37. The van der Waals surface area contributed by atoms with Crippen molar-refractivity contribution < 1.29 is 4.74 Å². The van der Waals surface area contributed by atoms with Crippen LogP contribution in [0.2, 0.25) is 0 Å². The van der Waals surface area contributed by atoms with E-state index in [4.69, 9.17) is 4.74 Å². The van der Waals surface area contributed by atoms with Gasteiger partial charge in [0.25, 0.3) is 0 Å². The fourth-order valence-electron chi connectivity index (χ4n) is 1.63. The van der Waals surface area contributed by atoms with Crippen molar-refractivity contribution in [3.05, 3.63) is 58.8 Å². The minimum absolute atomic E-state index is 0.492. The predicted octanol–water partition coefficient (Wildman–Crippen LogP) is 2.36. The number of thiazole rings is 1. The molecule has 1 aromatic carbocycles. The minimum atomic E-state index is 0.492. The molecule has 96 valence electrons. The van der Waals surface area contributed by atoms with Gasteiger partial charge in [0, 0.05) is 11.6 Å². The van der Waals surface area contributed by atoms with Gasteiger partial charge in [0.2, 0.25) is 0 Å². The molecule has 0 unspecified atom stereocenters. The minimum Gasteiger partial charge on any atom is -0.486 e. The quantitative estimate of drug-likeness (QED) is 0.715. The van der Waals surface area contributed by atoms with Crippen molar-refractivity contribution >= 4 is 11.3 Å². The van der Waals surface area contributed by atoms with E-state index in [0.717, 1.165) is 16.5 Å². The molecule has 0 saturated carbocycles. The largest absolute Gasteiger partial charge is 0.486 e. The number of ether oxygens (including phenoxy) is 1. The highest BCUT2D eigenvalue weighted by Gasteiger charge is 2.04. The molecule has 5 nitrogen and oxygen atoms in total. The summed E-state index contributed by atoms with van der Waals surface area (Å²) in [5.41, 5.74) is 0.974. The van der Waals surface area contributed by atoms with Crippen molar-refractivity contribution in [3.63, 3.8) is 0 Å². The van der Waals surface area contributed by atoms with E-state index in [-0.39, 0.29) is 0 Å². The maximum Gasteiger partial charge on any atom is 0.140 e. The van der Waals surface area contributed by atoms with Gasteiger partial charge in [0.15, 0.2) is 0 Å². The van der Waals surface area contributed by atoms with Gasteiger partial charge in [-0.25, -0.2) is 9.67 Å². The molecule has 0 bridgehead atoms. The molecular weight excluding hydrogens is 260 g/mol. The van der Waals surface area contributed by atoms with Crippen molar-refractivity contribution in [1.82, 2.24) is 20.0 Å². The lowest BCUT2D eigenvalue weighted by Gasteiger charge is -2.02. The van der Waals surface area contributed by atoms with Gasteiger partial charge in [-0.1, -0.05) is 23.4 Å². The summed E-state index contributed by atoms with van der Waals surface area (Å²) in [7, 11) is 0. The number of nitrogens with zero attached hydrogens (tertiary/aromatic N) is 4. The maximum absolute atomic E-state index is 5.65. The summed E-state index contributed by atoms with van der Waals surface area (Å²) in [6.45, 7) is 1.13. The van der Waals surface area contributed by atoms with Crippen molar-refractivity contribution in [2.75, 3.05) is 0 Å². The number of rotatable bonds is 5. The van der Waals surface area contributed by atoms with E-state index < -0.39 is 0 Å². The van der Waals surface area contributed by atoms with E-state index in [0.29, 0.717) is 13.2 Å². The van der Waals surface area contributed by atoms with Crippen molar-refractivity contribution in [1.29, 1.82) is 0 Å². The normalized spacial score (nSPS) is 10.5. The third-order valence-electron chi connectivity index (χ3n) is 2.50. The molecule has 0 saturated heterocycles. The van der Waals surface area contributed by atoms with Gasteiger partial charge in [0.1, 0.15) is 17.4 Å². The Hall–Kier alpha value is -2.21. The monoisotopic (exact) mass is 272 g/mol. The lowest BCUT2D eigenvalue weighted by atomic mass is 10.3. The van der Waals surface area contributed by atoms with Crippen LogP contribution in [0.15, 0.2) is 48.1 Å². The first-order chi connectivity index (χ1) is 9.40. The lowest BCUT2D eigenvalue weighted by Crippen LogP contribution is -2.01. The number of benzene rings is 1. The van der Waals surface area contributed by atoms with E-state index in [1.807, 2.05) is 41.9 Å². The van der Waals surface area contributed by atoms with Crippen LogP contribution in [0.4, 0.5) is 0 Å². The fourth-order valence-corrected chi connectivity index (χ4v) is 2.33. The molecule has 0 spiro atoms. The number of para-hydroxylation sites is 1. The molecular formula is C13H12N4OS. The number of hydrogen-bond donors (Lipinski definition) is 0. The zero-order valence-corrected chi connectivity index (χ0v) is 11.0. The second-order valence-electron chi connectivity index (χ2n) is 3.93. The molecule has 0 fully saturated rings. The topological polar surface area (TPSA) is 52.8 Å². The first kappa shape index (κ1) is 11.9. The summed E-state index contributed by atoms with van der Waals surface area (Å²) in [5.74, 6) is 0.857. The standard InChI is InChI=1S/C13H12N4OS/c1-2-4-12(5-3-1)18-9-13-15-11(10-19-13)8-17-7-6-14-16-17/h1-7,10H,8-9H2. The highest BCUT2D eigenvalue weighted by Crippen LogP contribution is 2.15. The van der Waals surface area contributed by atoms with Crippen molar-refractivity contribution in [2.24, 2.45) is 0 Å². The Balaban J connectivity index is 1.59. The summed E-state index contributed by atoms with van der Waals surface area (Å²) in [6.07, 6.45) is 3.48. The molecule has 0 radical (unpaired) electrons. The van der Waals surface area contributed by atoms with Gasteiger partial charge >= 0.3 is 0 Å². The van der Waals surface area contributed by atoms with Crippen LogP contribution in [-0.2, 0) is 13.2 Å². The van der Waals surface area contributed by atoms with Gasteiger partial charge in [-0.05, 0) is 12.1 Å². The molecule has 2 aromatic heterocycles. The van der Waals surface area contributed by atoms with Crippen molar-refractivity contribution in [3.8, 4) is 5.75 Å². The first-order valence-electron chi connectivity index (χ1n) is 5.85. The van der Waals surface area contributed by atoms with Gasteiger partial charge < -0.3 is 4.74 Å². The second-order valence-corrected chi connectivity index (χ2v) is 4.88. The van der Waals surface area contributed by atoms with Crippen LogP contribution in [0.3, 0.4) is 0 Å². The van der Waals surface area contributed by atoms with Crippen LogP contribution in [0, 0.1) is 0 Å². The van der Waals surface area contributed by atoms with Crippen LogP contribution < -0.4 is 4.74 Å². The van der Waals surface area contributed by atoms with Gasteiger partial charge in [-0.3, -0.25) is 0 Å². The van der Waals surface area contributed by atoms with Crippen molar-refractivity contribution in [2.45, 2.75) is 13.2 Å². The molecule has 2 heterocycles. The number of hydrogen-bond acceptors (Lipinski definition) is 5. The van der Waals surface area contributed by atoms with E-state index in [1.54, 1.807) is 22.2 Å². The molecule has 0 aliphatic rings. The smallest absolute Gasteiger partial charge is 0.140 e. The summed E-state index contributed by atoms with van der Waals surface area (Å²) in [6, 6.07) is 9.74. The Labute approximate surface area is 114 Å². The first-order valence-corrected chi connectivity index (χ1v) is 6.73. The summed E-state index contributed by atoms with van der Waals surface area (Å²) in [4.78, 5) is 4.51. The lowest BCUT2D eigenvalue weighted by molar-refractivity contribution is 0.305. The van der Waals surface area contributed by atoms with Crippen LogP contribution in [-0.4, -0.2) is 20.0 Å². The molecule has 0 aliphatic heterocycles. The molecule has 6 heteroatoms. The highest BCUT2D eigenvalue weighted by molar-refractivity contribution is 7.09. The molecule has 19 heavy (non-hydrogen) atoms. The molecule has 3 aromatic rings. The predicted molar refractivity (Wildman–Crippen MR) is 72.0 cm³/mol. The summed E-state index contributed by atoms with van der Waals surface area (Å²) >= 11 is 1.59. The van der Waals surface area contributed by atoms with E-state index >= 15 is 0 Å². The maximum atomic E-state index is 5.65. The SMILES string of the molecule is c1ccc(OCc2nc(Cn3ccnn3)cs2)cc1. The van der Waals surface area contributed by atoms with Gasteiger partial charge in [-0.15, -0.1) is 16.4 Å². The Morgan fingerprint density at radius 3 is 2.89 bits per heavy atom. The molecule has 0 atom stereocenters. The van der Waals surface area contributed by atoms with Gasteiger partial charge in [-0.2, -0.15) is 0 Å². The van der Waals surface area contributed by atoms with Crippen LogP contribution in [0.5, 0.6) is 5.75 Å².